The van der Waals surface area contributed by atoms with Crippen molar-refractivity contribution in [2.75, 3.05) is 4.90 Å². The van der Waals surface area contributed by atoms with E-state index in [1.54, 1.807) is 17.0 Å². The van der Waals surface area contributed by atoms with Gasteiger partial charge >= 0.3 is 0 Å². The summed E-state index contributed by atoms with van der Waals surface area (Å²) in [6, 6.07) is 16.6. The maximum Gasteiger partial charge on any atom is 0.230 e. The van der Waals surface area contributed by atoms with Gasteiger partial charge in [-0.1, -0.05) is 42.3 Å². The SMILES string of the molecule is CC(=O)/C=C/c1cc(F)cc(N(Cc2ccc(-c3ccc4c(cnn4C)c3)cc2Cl)C(=O)[C@@H]2C[C@@H]3CC[C@H]2C3)c1. The van der Waals surface area contributed by atoms with Crippen molar-refractivity contribution in [3.63, 3.8) is 0 Å². The molecule has 7 heteroatoms. The molecule has 1 heterocycles. The van der Waals surface area contributed by atoms with E-state index in [1.807, 2.05) is 48.3 Å². The van der Waals surface area contributed by atoms with Crippen molar-refractivity contribution in [1.29, 1.82) is 0 Å². The molecule has 40 heavy (non-hydrogen) atoms. The molecule has 4 aromatic rings. The quantitative estimate of drug-likeness (QED) is 0.221. The number of carbonyl (C=O) groups is 2. The highest BCUT2D eigenvalue weighted by molar-refractivity contribution is 6.31. The minimum atomic E-state index is -0.460. The lowest BCUT2D eigenvalue weighted by molar-refractivity contribution is -0.124. The molecule has 0 saturated heterocycles. The minimum absolute atomic E-state index is 0.0152. The van der Waals surface area contributed by atoms with Gasteiger partial charge in [0.1, 0.15) is 5.82 Å². The number of aromatic nitrogens is 2. The lowest BCUT2D eigenvalue weighted by atomic mass is 9.87. The van der Waals surface area contributed by atoms with Gasteiger partial charge in [0, 0.05) is 29.1 Å². The van der Waals surface area contributed by atoms with Crippen LogP contribution in [0.3, 0.4) is 0 Å². The van der Waals surface area contributed by atoms with Gasteiger partial charge in [-0.15, -0.1) is 0 Å². The van der Waals surface area contributed by atoms with Gasteiger partial charge in [0.05, 0.1) is 18.3 Å². The summed E-state index contributed by atoms with van der Waals surface area (Å²) in [7, 11) is 1.92. The zero-order valence-corrected chi connectivity index (χ0v) is 23.4. The topological polar surface area (TPSA) is 55.2 Å². The first-order valence-electron chi connectivity index (χ1n) is 13.8. The summed E-state index contributed by atoms with van der Waals surface area (Å²) in [5.74, 6) is 0.339. The van der Waals surface area contributed by atoms with Crippen molar-refractivity contribution < 1.29 is 14.0 Å². The predicted octanol–water partition coefficient (Wildman–Crippen LogP) is 7.60. The smallest absolute Gasteiger partial charge is 0.230 e. The molecule has 2 aliphatic carbocycles. The number of hydrogen-bond donors (Lipinski definition) is 0. The Hall–Kier alpha value is -3.77. The van der Waals surface area contributed by atoms with Crippen LogP contribution in [-0.2, 0) is 23.2 Å². The zero-order chi connectivity index (χ0) is 28.0. The molecular weight excluding hydrogens is 525 g/mol. The van der Waals surface area contributed by atoms with Gasteiger partial charge in [0.15, 0.2) is 5.78 Å². The summed E-state index contributed by atoms with van der Waals surface area (Å²) in [4.78, 5) is 27.2. The first kappa shape index (κ1) is 26.5. The van der Waals surface area contributed by atoms with E-state index in [0.717, 1.165) is 46.9 Å². The Morgan fingerprint density at radius 1 is 1.07 bits per heavy atom. The van der Waals surface area contributed by atoms with Crippen LogP contribution in [0.25, 0.3) is 28.1 Å². The lowest BCUT2D eigenvalue weighted by Gasteiger charge is -2.30. The Bertz CT molecular complexity index is 1660. The molecule has 0 N–H and O–H groups in total. The van der Waals surface area contributed by atoms with E-state index >= 15 is 0 Å². The highest BCUT2D eigenvalue weighted by Gasteiger charge is 2.44. The number of aryl methyl sites for hydroxylation is 1. The standard InChI is InChI=1S/C33H31ClFN3O2/c1-20(39)3-4-22-12-28(35)17-29(13-22)38(33(40)30-14-21-5-6-25(30)11-21)19-26-8-7-24(16-31(26)34)23-9-10-32-27(15-23)18-36-37(32)2/h3-4,7-10,12-13,15-18,21,25,30H,5-6,11,14,19H2,1-2H3/b4-3+/t21-,25+,30-/m1/s1. The molecule has 1 aromatic heterocycles. The second-order valence-electron chi connectivity index (χ2n) is 11.2. The molecule has 2 bridgehead atoms. The average molecular weight is 556 g/mol. The number of fused-ring (bicyclic) bond motifs is 3. The molecule has 0 aliphatic heterocycles. The molecule has 2 saturated carbocycles. The summed E-state index contributed by atoms with van der Waals surface area (Å²) in [6.07, 6.45) is 9.06. The van der Waals surface area contributed by atoms with E-state index in [1.165, 1.54) is 31.6 Å². The van der Waals surface area contributed by atoms with Crippen LogP contribution in [0.5, 0.6) is 0 Å². The second kappa shape index (κ2) is 10.7. The molecular formula is C33H31ClFN3O2. The molecule has 3 aromatic carbocycles. The van der Waals surface area contributed by atoms with Gasteiger partial charge in [-0.3, -0.25) is 14.3 Å². The number of benzene rings is 3. The van der Waals surface area contributed by atoms with Gasteiger partial charge in [0.25, 0.3) is 0 Å². The molecule has 5 nitrogen and oxygen atoms in total. The largest absolute Gasteiger partial charge is 0.308 e. The van der Waals surface area contributed by atoms with Gasteiger partial charge in [0.2, 0.25) is 5.91 Å². The van der Waals surface area contributed by atoms with Crippen LogP contribution in [0.15, 0.2) is 66.9 Å². The number of carbonyl (C=O) groups excluding carboxylic acids is 2. The summed E-state index contributed by atoms with van der Waals surface area (Å²) in [6.45, 7) is 1.68. The normalized spacial score (nSPS) is 20.1. The first-order valence-corrected chi connectivity index (χ1v) is 14.1. The molecule has 3 atom stereocenters. The number of amides is 1. The number of hydrogen-bond acceptors (Lipinski definition) is 3. The van der Waals surface area contributed by atoms with Crippen molar-refractivity contribution >= 4 is 46.0 Å². The third-order valence-corrected chi connectivity index (χ3v) is 8.86. The van der Waals surface area contributed by atoms with Crippen molar-refractivity contribution in [2.24, 2.45) is 24.8 Å². The van der Waals surface area contributed by atoms with Crippen LogP contribution < -0.4 is 4.90 Å². The second-order valence-corrected chi connectivity index (χ2v) is 11.6. The number of allylic oxidation sites excluding steroid dienone is 1. The molecule has 0 unspecified atom stereocenters. The number of halogens is 2. The van der Waals surface area contributed by atoms with Crippen molar-refractivity contribution in [3.05, 3.63) is 88.8 Å². The number of rotatable bonds is 7. The van der Waals surface area contributed by atoms with Crippen molar-refractivity contribution in [3.8, 4) is 11.1 Å². The molecule has 6 rings (SSSR count). The van der Waals surface area contributed by atoms with Crippen LogP contribution in [-0.4, -0.2) is 21.5 Å². The Labute approximate surface area is 238 Å². The average Bonchev–Trinajstić information content (AvgIpc) is 3.67. The fourth-order valence-electron chi connectivity index (χ4n) is 6.47. The molecule has 0 radical (unpaired) electrons. The number of ketones is 1. The molecule has 2 aliphatic rings. The van der Waals surface area contributed by atoms with Gasteiger partial charge < -0.3 is 4.90 Å². The number of anilines is 1. The molecule has 1 amide bonds. The fraction of sp³-hybridized carbons (Fsp3) is 0.303. The van der Waals surface area contributed by atoms with Crippen molar-refractivity contribution in [1.82, 2.24) is 9.78 Å². The van der Waals surface area contributed by atoms with E-state index in [-0.39, 0.29) is 24.2 Å². The molecule has 2 fully saturated rings. The minimum Gasteiger partial charge on any atom is -0.308 e. The lowest BCUT2D eigenvalue weighted by Crippen LogP contribution is -2.38. The third kappa shape index (κ3) is 5.20. The molecule has 0 spiro atoms. The van der Waals surface area contributed by atoms with E-state index in [9.17, 15) is 14.0 Å². The van der Waals surface area contributed by atoms with E-state index < -0.39 is 5.82 Å². The Balaban J connectivity index is 1.34. The zero-order valence-electron chi connectivity index (χ0n) is 22.6. The van der Waals surface area contributed by atoms with Crippen LogP contribution >= 0.6 is 11.6 Å². The van der Waals surface area contributed by atoms with Crippen LogP contribution in [0.1, 0.15) is 43.7 Å². The fourth-order valence-corrected chi connectivity index (χ4v) is 6.71. The van der Waals surface area contributed by atoms with E-state index in [0.29, 0.717) is 28.1 Å². The van der Waals surface area contributed by atoms with Crippen molar-refractivity contribution in [2.45, 2.75) is 39.2 Å². The van der Waals surface area contributed by atoms with E-state index in [4.69, 9.17) is 11.6 Å². The summed E-state index contributed by atoms with van der Waals surface area (Å²) < 4.78 is 16.6. The van der Waals surface area contributed by atoms with Gasteiger partial charge in [-0.25, -0.2) is 4.39 Å². The Morgan fingerprint density at radius 3 is 2.60 bits per heavy atom. The van der Waals surface area contributed by atoms with Gasteiger partial charge in [-0.05, 0) is 103 Å². The highest BCUT2D eigenvalue weighted by Crippen LogP contribution is 2.49. The Morgan fingerprint density at radius 2 is 1.88 bits per heavy atom. The predicted molar refractivity (Wildman–Crippen MR) is 157 cm³/mol. The Kier molecular flexibility index (Phi) is 7.05. The van der Waals surface area contributed by atoms with Crippen LogP contribution in [0.2, 0.25) is 5.02 Å². The third-order valence-electron chi connectivity index (χ3n) is 8.51. The maximum atomic E-state index is 14.8. The maximum absolute atomic E-state index is 14.8. The van der Waals surface area contributed by atoms with Gasteiger partial charge in [-0.2, -0.15) is 5.10 Å². The van der Waals surface area contributed by atoms with Crippen LogP contribution in [0.4, 0.5) is 10.1 Å². The summed E-state index contributed by atoms with van der Waals surface area (Å²) >= 11 is 6.83. The summed E-state index contributed by atoms with van der Waals surface area (Å²) in [5, 5.41) is 5.91. The monoisotopic (exact) mass is 555 g/mol. The highest BCUT2D eigenvalue weighted by atomic mass is 35.5. The van der Waals surface area contributed by atoms with E-state index in [2.05, 4.69) is 11.2 Å². The van der Waals surface area contributed by atoms with Crippen LogP contribution in [0, 0.1) is 23.6 Å². The number of nitrogens with zero attached hydrogens (tertiary/aromatic N) is 3. The summed E-state index contributed by atoms with van der Waals surface area (Å²) in [5.41, 5.74) is 4.83. The first-order chi connectivity index (χ1) is 19.2. The molecule has 204 valence electrons.